The van der Waals surface area contributed by atoms with Crippen molar-refractivity contribution in [2.75, 3.05) is 23.2 Å². The van der Waals surface area contributed by atoms with Crippen LogP contribution in [0, 0.1) is 0 Å². The first-order chi connectivity index (χ1) is 27.3. The fourth-order valence-electron chi connectivity index (χ4n) is 6.32. The number of esters is 2. The second kappa shape index (κ2) is 22.4. The summed E-state index contributed by atoms with van der Waals surface area (Å²) in [6.45, 7) is 0.0701. The normalized spacial score (nSPS) is 14.8. The number of hydrogen-bond donors (Lipinski definition) is 1. The van der Waals surface area contributed by atoms with Crippen molar-refractivity contribution in [3.05, 3.63) is 118 Å². The average Bonchev–Trinajstić information content (AvgIpc) is 3.23. The van der Waals surface area contributed by atoms with Crippen molar-refractivity contribution < 1.29 is 35.9 Å². The van der Waals surface area contributed by atoms with Crippen LogP contribution in [0.25, 0.3) is 0 Å². The van der Waals surface area contributed by atoms with Crippen molar-refractivity contribution >= 4 is 82.5 Å². The fourth-order valence-corrected chi connectivity index (χ4v) is 10.6. The van der Waals surface area contributed by atoms with Crippen LogP contribution >= 0.6 is 39.1 Å². The highest BCUT2D eigenvalue weighted by Crippen LogP contribution is 2.32. The molecule has 0 amide bonds. The van der Waals surface area contributed by atoms with Crippen LogP contribution < -0.4 is 9.03 Å². The summed E-state index contributed by atoms with van der Waals surface area (Å²) in [6.07, 6.45) is 11.8. The third-order valence-corrected chi connectivity index (χ3v) is 14.6. The lowest BCUT2D eigenvalue weighted by Crippen LogP contribution is -2.39. The molecular weight excluding hydrogens is 879 g/mol. The quantitative estimate of drug-likeness (QED) is 0.113. The van der Waals surface area contributed by atoms with Gasteiger partial charge in [-0.25, -0.2) is 26.4 Å². The van der Waals surface area contributed by atoms with Crippen LogP contribution in [0.15, 0.2) is 85.2 Å². The van der Waals surface area contributed by atoms with Gasteiger partial charge in [0.05, 0.1) is 59.5 Å². The number of halogens is 3. The van der Waals surface area contributed by atoms with Crippen molar-refractivity contribution in [1.29, 1.82) is 0 Å². The van der Waals surface area contributed by atoms with E-state index in [0.29, 0.717) is 56.4 Å². The van der Waals surface area contributed by atoms with Crippen molar-refractivity contribution in [2.24, 2.45) is 0 Å². The molecule has 2 saturated carbocycles. The van der Waals surface area contributed by atoms with Gasteiger partial charge in [0, 0.05) is 33.5 Å². The van der Waals surface area contributed by atoms with E-state index in [1.807, 2.05) is 0 Å². The van der Waals surface area contributed by atoms with Gasteiger partial charge in [0.2, 0.25) is 20.0 Å². The van der Waals surface area contributed by atoms with Gasteiger partial charge in [-0.3, -0.25) is 19.0 Å². The number of hydrogen-bond acceptors (Lipinski definition) is 10. The molecule has 57 heavy (non-hydrogen) atoms. The largest absolute Gasteiger partial charge is 0.465 e. The number of methoxy groups -OCH3 is 2. The number of nitrogens with zero attached hydrogens (tertiary/aromatic N) is 3. The Balaban J connectivity index is 0.000000210. The minimum atomic E-state index is -3.58. The third-order valence-electron chi connectivity index (χ3n) is 9.39. The zero-order chi connectivity index (χ0) is 41.4. The van der Waals surface area contributed by atoms with Crippen molar-refractivity contribution in [2.45, 2.75) is 86.6 Å². The molecule has 4 aromatic rings. The Kier molecular flexibility index (Phi) is 18.1. The van der Waals surface area contributed by atoms with E-state index in [9.17, 15) is 26.4 Å². The average molecular weight is 927 g/mol. The predicted molar refractivity (Wildman–Crippen MR) is 228 cm³/mol. The number of aromatic nitrogens is 2. The molecule has 2 aliphatic rings. The second-order valence-corrected chi connectivity index (χ2v) is 18.9. The summed E-state index contributed by atoms with van der Waals surface area (Å²) >= 11 is 15.2. The van der Waals surface area contributed by atoms with Gasteiger partial charge >= 0.3 is 11.9 Å². The fraction of sp³-hybridized carbons (Fsp3) is 0.400. The van der Waals surface area contributed by atoms with E-state index in [-0.39, 0.29) is 17.8 Å². The molecular formula is C40H47BrCl2N4O8S2. The molecule has 0 unspecified atom stereocenters. The van der Waals surface area contributed by atoms with E-state index in [1.54, 1.807) is 72.8 Å². The van der Waals surface area contributed by atoms with Gasteiger partial charge in [-0.1, -0.05) is 89.8 Å². The predicted octanol–water partition coefficient (Wildman–Crippen LogP) is 9.37. The molecule has 0 saturated heterocycles. The third kappa shape index (κ3) is 13.9. The van der Waals surface area contributed by atoms with Crippen LogP contribution in [-0.4, -0.2) is 63.5 Å². The van der Waals surface area contributed by atoms with Crippen molar-refractivity contribution in [1.82, 2.24) is 9.97 Å². The maximum atomic E-state index is 13.4. The number of rotatable bonds is 11. The Morgan fingerprint density at radius 2 is 1.23 bits per heavy atom. The lowest BCUT2D eigenvalue weighted by molar-refractivity contribution is 0.0591. The summed E-state index contributed by atoms with van der Waals surface area (Å²) in [7, 11) is -4.19. The zero-order valence-corrected chi connectivity index (χ0v) is 36.5. The number of anilines is 2. The molecule has 0 spiro atoms. The monoisotopic (exact) mass is 924 g/mol. The van der Waals surface area contributed by atoms with E-state index in [4.69, 9.17) is 23.2 Å². The number of ether oxygens (including phenoxy) is 2. The van der Waals surface area contributed by atoms with Crippen molar-refractivity contribution in [3.8, 4) is 0 Å². The first-order valence-corrected chi connectivity index (χ1v) is 23.4. The van der Waals surface area contributed by atoms with E-state index < -0.39 is 31.3 Å². The van der Waals surface area contributed by atoms with Crippen LogP contribution in [-0.2, 0) is 41.4 Å². The maximum absolute atomic E-state index is 13.4. The Labute approximate surface area is 353 Å². The van der Waals surface area contributed by atoms with Crippen LogP contribution in [0.2, 0.25) is 10.0 Å². The highest BCUT2D eigenvalue weighted by Gasteiger charge is 2.34. The standard InChI is InChI=1S/C20H23ClN2O4S.C12H16ClNO2S.C8H8BrNO2/c1-27-20(24)15-10-11-17(22-13-15)14-23(18-7-5-6-16(21)12-18)28(25,26)19-8-3-2-4-9-19;13-10-5-4-6-11(9-10)14-17(15,16)12-7-2-1-3-8-12;1-12-8(11)6-2-3-7(4-9)10-5-6/h5-7,10-13,19H,2-4,8-9,14H2,1H3;4-6,9,12,14H,1-3,7-8H2;2-3,5H,4H2,1H3. The number of carbonyl (C=O) groups excluding carboxylic acids is 2. The van der Waals surface area contributed by atoms with E-state index in [2.05, 4.69) is 40.1 Å². The number of nitrogens with one attached hydrogen (secondary N) is 1. The first-order valence-electron chi connectivity index (χ1n) is 18.4. The van der Waals surface area contributed by atoms with E-state index in [0.717, 1.165) is 57.1 Å². The zero-order valence-electron chi connectivity index (χ0n) is 31.8. The molecule has 2 fully saturated rings. The minimum Gasteiger partial charge on any atom is -0.465 e. The van der Waals surface area contributed by atoms with Crippen LogP contribution in [0.5, 0.6) is 0 Å². The summed E-state index contributed by atoms with van der Waals surface area (Å²) in [6, 6.07) is 20.3. The SMILES string of the molecule is COC(=O)c1ccc(CBr)nc1.COC(=O)c1ccc(CN(c2cccc(Cl)c2)S(=O)(=O)C2CCCCC2)nc1.O=S(=O)(Nc1cccc(Cl)c1)C1CCCCC1. The van der Waals surface area contributed by atoms with Gasteiger partial charge in [0.1, 0.15) is 0 Å². The Bertz CT molecular complexity index is 2130. The van der Waals surface area contributed by atoms with Crippen molar-refractivity contribution in [3.63, 3.8) is 0 Å². The summed E-state index contributed by atoms with van der Waals surface area (Å²) < 4.78 is 64.2. The summed E-state index contributed by atoms with van der Waals surface area (Å²) in [5, 5.41) is 1.03. The van der Waals surface area contributed by atoms with E-state index in [1.165, 1.54) is 30.9 Å². The first kappa shape index (κ1) is 45.9. The summed E-state index contributed by atoms with van der Waals surface area (Å²) in [4.78, 5) is 30.8. The lowest BCUT2D eigenvalue weighted by Gasteiger charge is -2.31. The molecule has 2 heterocycles. The second-order valence-electron chi connectivity index (χ2n) is 13.4. The Hall–Kier alpha value is -3.76. The number of pyridine rings is 2. The molecule has 6 rings (SSSR count). The van der Waals surface area contributed by atoms with Gasteiger partial charge in [-0.2, -0.15) is 0 Å². The van der Waals surface area contributed by atoms with Gasteiger partial charge < -0.3 is 9.47 Å². The minimum absolute atomic E-state index is 0.0701. The van der Waals surface area contributed by atoms with Gasteiger partial charge in [-0.15, -0.1) is 0 Å². The Morgan fingerprint density at radius 1 is 0.719 bits per heavy atom. The number of alkyl halides is 1. The summed E-state index contributed by atoms with van der Waals surface area (Å²) in [5.74, 6) is -0.843. The van der Waals surface area contributed by atoms with Gasteiger partial charge in [0.15, 0.2) is 0 Å². The molecule has 0 atom stereocenters. The molecule has 0 aliphatic heterocycles. The Morgan fingerprint density at radius 3 is 1.70 bits per heavy atom. The maximum Gasteiger partial charge on any atom is 0.339 e. The molecule has 308 valence electrons. The molecule has 12 nitrogen and oxygen atoms in total. The molecule has 0 radical (unpaired) electrons. The van der Waals surface area contributed by atoms with Crippen LogP contribution in [0.1, 0.15) is 96.3 Å². The van der Waals surface area contributed by atoms with Crippen LogP contribution in [0.4, 0.5) is 11.4 Å². The highest BCUT2D eigenvalue weighted by molar-refractivity contribution is 9.08. The molecule has 1 N–H and O–H groups in total. The van der Waals surface area contributed by atoms with E-state index >= 15 is 0 Å². The smallest absolute Gasteiger partial charge is 0.339 e. The number of carbonyl (C=O) groups is 2. The molecule has 17 heteroatoms. The lowest BCUT2D eigenvalue weighted by atomic mass is 10.0. The number of benzene rings is 2. The van der Waals surface area contributed by atoms with Gasteiger partial charge in [0.25, 0.3) is 0 Å². The summed E-state index contributed by atoms with van der Waals surface area (Å²) in [5.41, 5.74) is 3.27. The highest BCUT2D eigenvalue weighted by atomic mass is 79.9. The van der Waals surface area contributed by atoms with Crippen LogP contribution in [0.3, 0.4) is 0 Å². The molecule has 0 bridgehead atoms. The molecule has 2 aromatic heterocycles. The number of sulfonamides is 2. The topological polar surface area (TPSA) is 162 Å². The van der Waals surface area contributed by atoms with Gasteiger partial charge in [-0.05, 0) is 86.3 Å². The molecule has 2 aliphatic carbocycles. The molecule has 2 aromatic carbocycles.